The molecule has 1 aromatic heterocycles. The molecule has 2 rings (SSSR count). The highest BCUT2D eigenvalue weighted by atomic mass is 35.5. The molecular weight excluding hydrogens is 224 g/mol. The number of carbonyl (C=O) groups excluding carboxylic acids is 3. The fourth-order valence-electron chi connectivity index (χ4n) is 1.17. The first-order valence-corrected chi connectivity index (χ1v) is 4.89. The molecule has 0 aliphatic heterocycles. The van der Waals surface area contributed by atoms with E-state index in [2.05, 4.69) is 0 Å². The summed E-state index contributed by atoms with van der Waals surface area (Å²) in [6.07, 6.45) is 2.39. The molecule has 5 heteroatoms. The Balaban J connectivity index is 2.61. The number of allylic oxidation sites excluding steroid dienone is 2. The first kappa shape index (κ1) is 9.30. The molecule has 0 saturated heterocycles. The molecule has 3 nitrogen and oxygen atoms in total. The van der Waals surface area contributed by atoms with Gasteiger partial charge in [-0.25, -0.2) is 0 Å². The van der Waals surface area contributed by atoms with Gasteiger partial charge in [0.1, 0.15) is 0 Å². The van der Waals surface area contributed by atoms with E-state index in [1.54, 1.807) is 0 Å². The first-order chi connectivity index (χ1) is 6.59. The number of rotatable bonds is 1. The van der Waals surface area contributed by atoms with Crippen molar-refractivity contribution in [3.8, 4) is 0 Å². The predicted octanol–water partition coefficient (Wildman–Crippen LogP) is 2.06. The van der Waals surface area contributed by atoms with E-state index in [0.29, 0.717) is 4.88 Å². The van der Waals surface area contributed by atoms with Crippen molar-refractivity contribution in [1.82, 2.24) is 0 Å². The van der Waals surface area contributed by atoms with Crippen LogP contribution >= 0.6 is 22.9 Å². The molecule has 0 atom stereocenters. The molecule has 0 spiro atoms. The average molecular weight is 227 g/mol. The molecule has 1 aliphatic carbocycles. The maximum Gasteiger partial charge on any atom is 0.262 e. The van der Waals surface area contributed by atoms with Crippen molar-refractivity contribution >= 4 is 39.7 Å². The maximum absolute atomic E-state index is 11.3. The van der Waals surface area contributed by atoms with Crippen LogP contribution in [0.3, 0.4) is 0 Å². The highest BCUT2D eigenvalue weighted by Gasteiger charge is 2.23. The van der Waals surface area contributed by atoms with Crippen LogP contribution < -0.4 is 0 Å². The normalized spacial score (nSPS) is 14.4. The lowest BCUT2D eigenvalue weighted by Gasteiger charge is -2.00. The van der Waals surface area contributed by atoms with Crippen LogP contribution in [0.25, 0.3) is 0 Å². The van der Waals surface area contributed by atoms with E-state index < -0.39 is 5.24 Å². The molecule has 0 aromatic carbocycles. The Labute approximate surface area is 88.0 Å². The molecule has 0 saturated carbocycles. The van der Waals surface area contributed by atoms with Crippen molar-refractivity contribution in [3.05, 3.63) is 33.5 Å². The molecule has 70 valence electrons. The molecule has 0 amide bonds. The maximum atomic E-state index is 11.3. The van der Waals surface area contributed by atoms with Gasteiger partial charge in [0.25, 0.3) is 5.24 Å². The van der Waals surface area contributed by atoms with Crippen molar-refractivity contribution in [3.63, 3.8) is 0 Å². The summed E-state index contributed by atoms with van der Waals surface area (Å²) in [5.41, 5.74) is 0.270. The van der Waals surface area contributed by atoms with Gasteiger partial charge in [0.05, 0.1) is 9.75 Å². The summed E-state index contributed by atoms with van der Waals surface area (Å²) >= 11 is 6.20. The lowest BCUT2D eigenvalue weighted by atomic mass is 10.0. The quantitative estimate of drug-likeness (QED) is 0.689. The summed E-state index contributed by atoms with van der Waals surface area (Å²) in [5.74, 6) is -0.520. The zero-order valence-electron chi connectivity index (χ0n) is 6.74. The first-order valence-electron chi connectivity index (χ1n) is 3.70. The summed E-state index contributed by atoms with van der Waals surface area (Å²) < 4.78 is 0. The number of carbonyl (C=O) groups is 3. The van der Waals surface area contributed by atoms with Gasteiger partial charge >= 0.3 is 0 Å². The summed E-state index contributed by atoms with van der Waals surface area (Å²) in [6, 6.07) is 1.36. The molecule has 1 aliphatic rings. The molecule has 1 heterocycles. The van der Waals surface area contributed by atoms with E-state index in [0.717, 1.165) is 11.3 Å². The SMILES string of the molecule is O=C(Cl)c1cc2c(s1)C(=O)C=CC2=O. The van der Waals surface area contributed by atoms with Gasteiger partial charge in [0.2, 0.25) is 0 Å². The summed E-state index contributed by atoms with van der Waals surface area (Å²) in [4.78, 5) is 33.9. The Hall–Kier alpha value is -1.26. The van der Waals surface area contributed by atoms with Crippen molar-refractivity contribution in [1.29, 1.82) is 0 Å². The molecule has 1 aromatic rings. The van der Waals surface area contributed by atoms with Crippen LogP contribution in [-0.2, 0) is 0 Å². The van der Waals surface area contributed by atoms with E-state index in [9.17, 15) is 14.4 Å². The van der Waals surface area contributed by atoms with Crippen LogP contribution in [-0.4, -0.2) is 16.8 Å². The zero-order valence-corrected chi connectivity index (χ0v) is 8.32. The Bertz CT molecular complexity index is 449. The third-order valence-corrected chi connectivity index (χ3v) is 3.27. The average Bonchev–Trinajstić information content (AvgIpc) is 2.57. The molecule has 0 radical (unpaired) electrons. The molecular formula is C9H3ClO3S. The van der Waals surface area contributed by atoms with Gasteiger partial charge < -0.3 is 0 Å². The number of thiophene rings is 1. The van der Waals surface area contributed by atoms with Crippen LogP contribution in [0.15, 0.2) is 18.2 Å². The second-order valence-electron chi connectivity index (χ2n) is 2.69. The van der Waals surface area contributed by atoms with E-state index in [-0.39, 0.29) is 22.0 Å². The van der Waals surface area contributed by atoms with Crippen molar-refractivity contribution < 1.29 is 14.4 Å². The van der Waals surface area contributed by atoms with Crippen LogP contribution in [0, 0.1) is 0 Å². The fraction of sp³-hybridized carbons (Fsp3) is 0. The van der Waals surface area contributed by atoms with Gasteiger partial charge in [-0.2, -0.15) is 0 Å². The van der Waals surface area contributed by atoms with Crippen molar-refractivity contribution in [2.24, 2.45) is 0 Å². The van der Waals surface area contributed by atoms with Gasteiger partial charge in [-0.1, -0.05) is 0 Å². The van der Waals surface area contributed by atoms with E-state index in [4.69, 9.17) is 11.6 Å². The van der Waals surface area contributed by atoms with Gasteiger partial charge in [0.15, 0.2) is 11.6 Å². The van der Waals surface area contributed by atoms with Crippen LogP contribution in [0.5, 0.6) is 0 Å². The van der Waals surface area contributed by atoms with Gasteiger partial charge in [-0.05, 0) is 29.8 Å². The minimum absolute atomic E-state index is 0.224. The van der Waals surface area contributed by atoms with Gasteiger partial charge in [0, 0.05) is 5.56 Å². The predicted molar refractivity (Wildman–Crippen MR) is 52.3 cm³/mol. The lowest BCUT2D eigenvalue weighted by molar-refractivity contribution is 0.0997. The van der Waals surface area contributed by atoms with E-state index in [1.807, 2.05) is 0 Å². The molecule has 0 fully saturated rings. The van der Waals surface area contributed by atoms with Crippen LogP contribution in [0.1, 0.15) is 29.7 Å². The van der Waals surface area contributed by atoms with Crippen LogP contribution in [0.4, 0.5) is 0 Å². The molecule has 0 N–H and O–H groups in total. The minimum atomic E-state index is -0.648. The molecule has 0 unspecified atom stereocenters. The zero-order chi connectivity index (χ0) is 10.3. The summed E-state index contributed by atoms with van der Waals surface area (Å²) in [7, 11) is 0. The topological polar surface area (TPSA) is 51.2 Å². The lowest BCUT2D eigenvalue weighted by Crippen LogP contribution is -2.07. The summed E-state index contributed by atoms with van der Waals surface area (Å²) in [6.45, 7) is 0. The Morgan fingerprint density at radius 3 is 2.43 bits per heavy atom. The summed E-state index contributed by atoms with van der Waals surface area (Å²) in [5, 5.41) is -0.648. The second-order valence-corrected chi connectivity index (χ2v) is 4.08. The van der Waals surface area contributed by atoms with Crippen molar-refractivity contribution in [2.75, 3.05) is 0 Å². The smallest absolute Gasteiger partial charge is 0.262 e. The van der Waals surface area contributed by atoms with Crippen molar-refractivity contribution in [2.45, 2.75) is 0 Å². The Kier molecular flexibility index (Phi) is 2.09. The third kappa shape index (κ3) is 1.32. The number of fused-ring (bicyclic) bond motifs is 1. The van der Waals surface area contributed by atoms with E-state index >= 15 is 0 Å². The highest BCUT2D eigenvalue weighted by Crippen LogP contribution is 2.27. The van der Waals surface area contributed by atoms with E-state index in [1.165, 1.54) is 18.2 Å². The Morgan fingerprint density at radius 2 is 1.86 bits per heavy atom. The standard InChI is InChI=1S/C9H3ClO3S/c10-9(13)7-3-4-5(11)1-2-6(12)8(4)14-7/h1-3H. The minimum Gasteiger partial charge on any atom is -0.289 e. The third-order valence-electron chi connectivity index (χ3n) is 1.80. The number of ketones is 2. The Morgan fingerprint density at radius 1 is 1.21 bits per heavy atom. The monoisotopic (exact) mass is 226 g/mol. The molecule has 0 bridgehead atoms. The fourth-order valence-corrected chi connectivity index (χ4v) is 2.26. The van der Waals surface area contributed by atoms with Crippen LogP contribution in [0.2, 0.25) is 0 Å². The van der Waals surface area contributed by atoms with Gasteiger partial charge in [-0.15, -0.1) is 11.3 Å². The highest BCUT2D eigenvalue weighted by molar-refractivity contribution is 7.18. The number of hydrogen-bond acceptors (Lipinski definition) is 4. The largest absolute Gasteiger partial charge is 0.289 e. The molecule has 14 heavy (non-hydrogen) atoms. The second kappa shape index (κ2) is 3.15. The number of hydrogen-bond donors (Lipinski definition) is 0. The van der Waals surface area contributed by atoms with Gasteiger partial charge in [-0.3, -0.25) is 14.4 Å². The number of halogens is 1.